The fraction of sp³-hybridized carbons (Fsp3) is 0.600. The van der Waals surface area contributed by atoms with E-state index in [1.54, 1.807) is 0 Å². The summed E-state index contributed by atoms with van der Waals surface area (Å²) in [7, 11) is 4.66. The van der Waals surface area contributed by atoms with Crippen LogP contribution in [0.1, 0.15) is 38.2 Å². The van der Waals surface area contributed by atoms with Gasteiger partial charge >= 0.3 is 0 Å². The second kappa shape index (κ2) is 8.26. The standard InChI is InChI=1S/C15H26N.H2O/c1-4-5-6-10-13-16(2,3)14-15-11-8-7-9-12-15;/h7-9,11-12H,4-6,10,13-14H2,1-3H3;1H2/q+1;/p-1. The fourth-order valence-corrected chi connectivity index (χ4v) is 2.12. The predicted molar refractivity (Wildman–Crippen MR) is 73.2 cm³/mol. The first-order chi connectivity index (χ1) is 7.64. The maximum absolute atomic E-state index is 2.33. The first-order valence-corrected chi connectivity index (χ1v) is 6.50. The summed E-state index contributed by atoms with van der Waals surface area (Å²) in [6.45, 7) is 4.70. The summed E-state index contributed by atoms with van der Waals surface area (Å²) >= 11 is 0. The van der Waals surface area contributed by atoms with E-state index < -0.39 is 0 Å². The van der Waals surface area contributed by atoms with E-state index in [0.29, 0.717) is 0 Å². The van der Waals surface area contributed by atoms with Crippen LogP contribution < -0.4 is 0 Å². The molecule has 2 heteroatoms. The van der Waals surface area contributed by atoms with E-state index in [4.69, 9.17) is 0 Å². The molecule has 0 spiro atoms. The largest absolute Gasteiger partial charge is 0.870 e. The molecule has 2 nitrogen and oxygen atoms in total. The van der Waals surface area contributed by atoms with Gasteiger partial charge in [-0.25, -0.2) is 0 Å². The van der Waals surface area contributed by atoms with Crippen molar-refractivity contribution in [2.75, 3.05) is 20.6 Å². The van der Waals surface area contributed by atoms with E-state index >= 15 is 0 Å². The molecule has 0 fully saturated rings. The van der Waals surface area contributed by atoms with Gasteiger partial charge in [-0.15, -0.1) is 0 Å². The Kier molecular flexibility index (Phi) is 7.85. The molecule has 0 bridgehead atoms. The quantitative estimate of drug-likeness (QED) is 0.525. The number of quaternary nitrogens is 1. The molecule has 0 aliphatic rings. The molecule has 0 radical (unpaired) electrons. The molecule has 0 saturated carbocycles. The topological polar surface area (TPSA) is 30.0 Å². The molecule has 0 atom stereocenters. The Labute approximate surface area is 106 Å². The Bertz CT molecular complexity index is 282. The normalized spacial score (nSPS) is 11.0. The third-order valence-corrected chi connectivity index (χ3v) is 3.07. The van der Waals surface area contributed by atoms with Gasteiger partial charge in [0.15, 0.2) is 0 Å². The van der Waals surface area contributed by atoms with Crippen LogP contribution in [0.25, 0.3) is 0 Å². The van der Waals surface area contributed by atoms with Crippen LogP contribution in [0.15, 0.2) is 30.3 Å². The van der Waals surface area contributed by atoms with Crippen LogP contribution in [-0.2, 0) is 6.54 Å². The monoisotopic (exact) mass is 237 g/mol. The zero-order chi connectivity index (χ0) is 11.9. The third kappa shape index (κ3) is 7.14. The van der Waals surface area contributed by atoms with Gasteiger partial charge in [0.1, 0.15) is 6.54 Å². The molecule has 0 aliphatic carbocycles. The Hall–Kier alpha value is -0.860. The molecule has 1 aromatic rings. The Morgan fingerprint density at radius 3 is 2.18 bits per heavy atom. The summed E-state index contributed by atoms with van der Waals surface area (Å²) < 4.78 is 1.10. The van der Waals surface area contributed by atoms with Gasteiger partial charge in [0.05, 0.1) is 20.6 Å². The minimum absolute atomic E-state index is 0. The molecule has 0 unspecified atom stereocenters. The van der Waals surface area contributed by atoms with Crippen molar-refractivity contribution in [2.45, 2.75) is 39.2 Å². The second-order valence-corrected chi connectivity index (χ2v) is 5.36. The van der Waals surface area contributed by atoms with Crippen LogP contribution in [0.3, 0.4) is 0 Å². The van der Waals surface area contributed by atoms with Crippen LogP contribution in [0.2, 0.25) is 0 Å². The van der Waals surface area contributed by atoms with E-state index in [9.17, 15) is 0 Å². The Balaban J connectivity index is 0.00000256. The van der Waals surface area contributed by atoms with E-state index in [0.717, 1.165) is 11.0 Å². The molecule has 98 valence electrons. The zero-order valence-electron chi connectivity index (χ0n) is 11.5. The van der Waals surface area contributed by atoms with E-state index in [1.807, 2.05) is 0 Å². The second-order valence-electron chi connectivity index (χ2n) is 5.36. The highest BCUT2D eigenvalue weighted by Gasteiger charge is 2.14. The maximum atomic E-state index is 2.33. The fourth-order valence-electron chi connectivity index (χ4n) is 2.12. The van der Waals surface area contributed by atoms with Crippen molar-refractivity contribution < 1.29 is 9.96 Å². The van der Waals surface area contributed by atoms with E-state index in [1.165, 1.54) is 37.8 Å². The predicted octanol–water partition coefficient (Wildman–Crippen LogP) is 3.67. The summed E-state index contributed by atoms with van der Waals surface area (Å²) in [5.74, 6) is 0. The summed E-state index contributed by atoms with van der Waals surface area (Å²) in [6.07, 6.45) is 5.44. The van der Waals surface area contributed by atoms with Crippen LogP contribution in [0.5, 0.6) is 0 Å². The summed E-state index contributed by atoms with van der Waals surface area (Å²) in [6, 6.07) is 10.8. The van der Waals surface area contributed by atoms with Crippen LogP contribution in [0, 0.1) is 0 Å². The number of hydrogen-bond donors (Lipinski definition) is 0. The number of benzene rings is 1. The number of unbranched alkanes of at least 4 members (excludes halogenated alkanes) is 3. The lowest BCUT2D eigenvalue weighted by molar-refractivity contribution is -0.903. The van der Waals surface area contributed by atoms with Gasteiger partial charge in [0.2, 0.25) is 0 Å². The molecule has 1 N–H and O–H groups in total. The average Bonchev–Trinajstić information content (AvgIpc) is 2.25. The number of hydrogen-bond acceptors (Lipinski definition) is 1. The van der Waals surface area contributed by atoms with Crippen molar-refractivity contribution >= 4 is 0 Å². The molecule has 0 amide bonds. The van der Waals surface area contributed by atoms with Crippen molar-refractivity contribution in [1.29, 1.82) is 0 Å². The van der Waals surface area contributed by atoms with E-state index in [-0.39, 0.29) is 5.48 Å². The minimum Gasteiger partial charge on any atom is -0.870 e. The highest BCUT2D eigenvalue weighted by Crippen LogP contribution is 2.11. The SMILES string of the molecule is CCCCCC[N+](C)(C)Cc1ccccc1.[OH-]. The Morgan fingerprint density at radius 1 is 0.941 bits per heavy atom. The van der Waals surface area contributed by atoms with Gasteiger partial charge in [0.25, 0.3) is 0 Å². The maximum Gasteiger partial charge on any atom is 0.104 e. The summed E-state index contributed by atoms with van der Waals surface area (Å²) in [5, 5.41) is 0. The summed E-state index contributed by atoms with van der Waals surface area (Å²) in [4.78, 5) is 0. The molecule has 1 aromatic carbocycles. The van der Waals surface area contributed by atoms with Gasteiger partial charge in [-0.05, 0) is 12.8 Å². The van der Waals surface area contributed by atoms with Crippen molar-refractivity contribution in [3.63, 3.8) is 0 Å². The first-order valence-electron chi connectivity index (χ1n) is 6.50. The average molecular weight is 237 g/mol. The lowest BCUT2D eigenvalue weighted by Crippen LogP contribution is -2.39. The highest BCUT2D eigenvalue weighted by atomic mass is 16.0. The van der Waals surface area contributed by atoms with Crippen molar-refractivity contribution in [3.8, 4) is 0 Å². The minimum atomic E-state index is 0. The molecule has 0 heterocycles. The first kappa shape index (κ1) is 16.1. The molecular weight excluding hydrogens is 210 g/mol. The smallest absolute Gasteiger partial charge is 0.104 e. The van der Waals surface area contributed by atoms with Crippen molar-refractivity contribution in [2.24, 2.45) is 0 Å². The molecular formula is C15H27NO. The number of nitrogens with zero attached hydrogens (tertiary/aromatic N) is 1. The van der Waals surface area contributed by atoms with Crippen LogP contribution in [0.4, 0.5) is 0 Å². The van der Waals surface area contributed by atoms with Gasteiger partial charge in [-0.1, -0.05) is 50.1 Å². The molecule has 1 rings (SSSR count). The number of rotatable bonds is 7. The zero-order valence-corrected chi connectivity index (χ0v) is 11.5. The summed E-state index contributed by atoms with van der Waals surface area (Å²) in [5.41, 5.74) is 1.45. The van der Waals surface area contributed by atoms with Gasteiger partial charge in [0, 0.05) is 5.56 Å². The van der Waals surface area contributed by atoms with Crippen molar-refractivity contribution in [1.82, 2.24) is 0 Å². The van der Waals surface area contributed by atoms with Crippen LogP contribution in [-0.4, -0.2) is 30.6 Å². The van der Waals surface area contributed by atoms with E-state index in [2.05, 4.69) is 51.4 Å². The van der Waals surface area contributed by atoms with Gasteiger partial charge < -0.3 is 9.96 Å². The van der Waals surface area contributed by atoms with Crippen LogP contribution >= 0.6 is 0 Å². The molecule has 0 aromatic heterocycles. The van der Waals surface area contributed by atoms with Gasteiger partial charge in [-0.3, -0.25) is 0 Å². The highest BCUT2D eigenvalue weighted by molar-refractivity contribution is 5.13. The molecule has 0 aliphatic heterocycles. The lowest BCUT2D eigenvalue weighted by atomic mass is 10.1. The molecule has 17 heavy (non-hydrogen) atoms. The third-order valence-electron chi connectivity index (χ3n) is 3.07. The van der Waals surface area contributed by atoms with Crippen molar-refractivity contribution in [3.05, 3.63) is 35.9 Å². The lowest BCUT2D eigenvalue weighted by Gasteiger charge is -2.30. The molecule has 0 saturated heterocycles. The van der Waals surface area contributed by atoms with Gasteiger partial charge in [-0.2, -0.15) is 0 Å². The Morgan fingerprint density at radius 2 is 1.59 bits per heavy atom.